The highest BCUT2D eigenvalue weighted by molar-refractivity contribution is 6.44. The molecule has 0 saturated carbocycles. The number of hydrogen-bond donors (Lipinski definition) is 0. The van der Waals surface area contributed by atoms with Crippen molar-refractivity contribution < 1.29 is 8.85 Å². The van der Waals surface area contributed by atoms with Gasteiger partial charge in [-0.15, -0.1) is 0 Å². The average Bonchev–Trinajstić information content (AvgIpc) is 2.36. The first kappa shape index (κ1) is 11.3. The Labute approximate surface area is 97.7 Å². The van der Waals surface area contributed by atoms with Gasteiger partial charge in [0, 0.05) is 20.3 Å². The minimum absolute atomic E-state index is 0.874. The van der Waals surface area contributed by atoms with Crippen LogP contribution < -0.4 is 0 Å². The van der Waals surface area contributed by atoms with Gasteiger partial charge < -0.3 is 8.85 Å². The third-order valence-electron chi connectivity index (χ3n) is 2.67. The molecule has 2 aromatic rings. The van der Waals surface area contributed by atoms with Crippen molar-refractivity contribution >= 4 is 20.1 Å². The highest BCUT2D eigenvalue weighted by atomic mass is 28.3. The fraction of sp³-hybridized carbons (Fsp3) is 0.231. The summed E-state index contributed by atoms with van der Waals surface area (Å²) in [5.74, 6) is 0. The molecule has 0 unspecified atom stereocenters. The minimum atomic E-state index is -1.17. The van der Waals surface area contributed by atoms with Gasteiger partial charge in [-0.1, -0.05) is 42.5 Å². The SMILES string of the molecule is CO[Si](Cc1cccc2ccccc12)OC. The van der Waals surface area contributed by atoms with E-state index in [1.165, 1.54) is 16.3 Å². The summed E-state index contributed by atoms with van der Waals surface area (Å²) in [6, 6.07) is 15.6. The summed E-state index contributed by atoms with van der Waals surface area (Å²) in [7, 11) is 2.26. The Morgan fingerprint density at radius 1 is 0.938 bits per heavy atom. The van der Waals surface area contributed by atoms with Crippen LogP contribution in [0.25, 0.3) is 10.8 Å². The first-order valence-electron chi connectivity index (χ1n) is 5.25. The van der Waals surface area contributed by atoms with Gasteiger partial charge in [-0.05, 0) is 16.3 Å². The molecular weight excluding hydrogens is 216 g/mol. The van der Waals surface area contributed by atoms with Crippen LogP contribution in [0.3, 0.4) is 0 Å². The van der Waals surface area contributed by atoms with Crippen molar-refractivity contribution in [1.29, 1.82) is 0 Å². The molecule has 83 valence electrons. The summed E-state index contributed by atoms with van der Waals surface area (Å²) in [4.78, 5) is 0. The second-order valence-corrected chi connectivity index (χ2v) is 5.51. The number of hydrogen-bond acceptors (Lipinski definition) is 2. The normalized spacial score (nSPS) is 11.2. The molecule has 2 nitrogen and oxygen atoms in total. The molecule has 0 N–H and O–H groups in total. The first-order valence-corrected chi connectivity index (χ1v) is 6.78. The first-order chi connectivity index (χ1) is 7.85. The number of fused-ring (bicyclic) bond motifs is 1. The van der Waals surface area contributed by atoms with Crippen molar-refractivity contribution in [3.63, 3.8) is 0 Å². The highest BCUT2D eigenvalue weighted by Crippen LogP contribution is 2.19. The molecule has 0 atom stereocenters. The molecule has 0 saturated heterocycles. The van der Waals surface area contributed by atoms with E-state index in [4.69, 9.17) is 8.85 Å². The third kappa shape index (κ3) is 2.32. The van der Waals surface area contributed by atoms with E-state index in [9.17, 15) is 0 Å². The Bertz CT molecular complexity index is 461. The quantitative estimate of drug-likeness (QED) is 0.753. The van der Waals surface area contributed by atoms with E-state index in [0.29, 0.717) is 0 Å². The number of rotatable bonds is 4. The zero-order valence-electron chi connectivity index (χ0n) is 9.57. The van der Waals surface area contributed by atoms with Crippen molar-refractivity contribution in [2.75, 3.05) is 14.2 Å². The summed E-state index contributed by atoms with van der Waals surface area (Å²) in [6.07, 6.45) is 0. The van der Waals surface area contributed by atoms with Crippen LogP contribution in [-0.4, -0.2) is 23.5 Å². The summed E-state index contributed by atoms with van der Waals surface area (Å²) in [6.45, 7) is 0. The van der Waals surface area contributed by atoms with E-state index < -0.39 is 9.28 Å². The smallest absolute Gasteiger partial charge is 0.388 e. The minimum Gasteiger partial charge on any atom is -0.397 e. The fourth-order valence-electron chi connectivity index (χ4n) is 1.83. The molecule has 0 bridgehead atoms. The van der Waals surface area contributed by atoms with Gasteiger partial charge in [-0.2, -0.15) is 0 Å². The van der Waals surface area contributed by atoms with Crippen LogP contribution in [0.2, 0.25) is 0 Å². The Morgan fingerprint density at radius 3 is 2.38 bits per heavy atom. The average molecular weight is 231 g/mol. The van der Waals surface area contributed by atoms with Crippen LogP contribution in [-0.2, 0) is 14.9 Å². The van der Waals surface area contributed by atoms with Crippen LogP contribution in [0.15, 0.2) is 42.5 Å². The summed E-state index contributed by atoms with van der Waals surface area (Å²) in [5, 5.41) is 2.56. The van der Waals surface area contributed by atoms with Gasteiger partial charge >= 0.3 is 9.28 Å². The topological polar surface area (TPSA) is 18.5 Å². The molecule has 0 aromatic heterocycles. The Balaban J connectivity index is 2.36. The second kappa shape index (κ2) is 5.25. The zero-order chi connectivity index (χ0) is 11.4. The van der Waals surface area contributed by atoms with Crippen molar-refractivity contribution in [3.05, 3.63) is 48.0 Å². The van der Waals surface area contributed by atoms with Gasteiger partial charge in [0.2, 0.25) is 0 Å². The Hall–Kier alpha value is -1.16. The van der Waals surface area contributed by atoms with E-state index in [1.807, 2.05) is 0 Å². The molecular formula is C13H15O2Si. The van der Waals surface area contributed by atoms with Crippen molar-refractivity contribution in [1.82, 2.24) is 0 Å². The molecule has 0 spiro atoms. The fourth-order valence-corrected chi connectivity index (χ4v) is 2.90. The maximum absolute atomic E-state index is 5.33. The molecule has 0 aliphatic carbocycles. The largest absolute Gasteiger partial charge is 0.397 e. The van der Waals surface area contributed by atoms with E-state index in [1.54, 1.807) is 14.2 Å². The lowest BCUT2D eigenvalue weighted by Gasteiger charge is -2.11. The van der Waals surface area contributed by atoms with Crippen molar-refractivity contribution in [2.24, 2.45) is 0 Å². The number of benzene rings is 2. The van der Waals surface area contributed by atoms with Crippen molar-refractivity contribution in [3.8, 4) is 0 Å². The summed E-state index contributed by atoms with van der Waals surface area (Å²) >= 11 is 0. The molecule has 16 heavy (non-hydrogen) atoms. The third-order valence-corrected chi connectivity index (χ3v) is 4.25. The molecule has 0 fully saturated rings. The molecule has 2 rings (SSSR count). The van der Waals surface area contributed by atoms with Crippen LogP contribution in [0, 0.1) is 0 Å². The van der Waals surface area contributed by atoms with Gasteiger partial charge in [0.25, 0.3) is 0 Å². The van der Waals surface area contributed by atoms with Gasteiger partial charge in [0.15, 0.2) is 0 Å². The lowest BCUT2D eigenvalue weighted by atomic mass is 10.1. The Morgan fingerprint density at radius 2 is 1.62 bits per heavy atom. The van der Waals surface area contributed by atoms with E-state index >= 15 is 0 Å². The van der Waals surface area contributed by atoms with Gasteiger partial charge in [-0.25, -0.2) is 0 Å². The monoisotopic (exact) mass is 231 g/mol. The van der Waals surface area contributed by atoms with Crippen LogP contribution in [0.4, 0.5) is 0 Å². The lowest BCUT2D eigenvalue weighted by Crippen LogP contribution is -2.22. The molecule has 0 heterocycles. The highest BCUT2D eigenvalue weighted by Gasteiger charge is 2.14. The predicted octanol–water partition coefficient (Wildman–Crippen LogP) is 2.70. The molecule has 1 radical (unpaired) electrons. The molecule has 0 aliphatic rings. The van der Waals surface area contributed by atoms with Crippen LogP contribution >= 0.6 is 0 Å². The van der Waals surface area contributed by atoms with E-state index in [2.05, 4.69) is 42.5 Å². The maximum Gasteiger partial charge on any atom is 0.388 e. The van der Waals surface area contributed by atoms with Gasteiger partial charge in [0.05, 0.1) is 0 Å². The van der Waals surface area contributed by atoms with E-state index in [-0.39, 0.29) is 0 Å². The summed E-state index contributed by atoms with van der Waals surface area (Å²) in [5.41, 5.74) is 1.30. The summed E-state index contributed by atoms with van der Waals surface area (Å²) < 4.78 is 10.7. The zero-order valence-corrected chi connectivity index (χ0v) is 10.6. The Kier molecular flexibility index (Phi) is 3.72. The molecule has 2 aromatic carbocycles. The molecule has 0 amide bonds. The van der Waals surface area contributed by atoms with Crippen molar-refractivity contribution in [2.45, 2.75) is 6.04 Å². The standard InChI is InChI=1S/C13H15O2Si/c1-14-16(15-2)10-12-8-5-7-11-6-3-4-9-13(11)12/h3-9H,10H2,1-2H3. The van der Waals surface area contributed by atoms with Gasteiger partial charge in [0.1, 0.15) is 0 Å². The van der Waals surface area contributed by atoms with E-state index in [0.717, 1.165) is 6.04 Å². The second-order valence-electron chi connectivity index (χ2n) is 3.60. The van der Waals surface area contributed by atoms with Crippen LogP contribution in [0.1, 0.15) is 5.56 Å². The van der Waals surface area contributed by atoms with Crippen LogP contribution in [0.5, 0.6) is 0 Å². The predicted molar refractivity (Wildman–Crippen MR) is 67.4 cm³/mol. The molecule has 0 aliphatic heterocycles. The maximum atomic E-state index is 5.33. The molecule has 3 heteroatoms. The van der Waals surface area contributed by atoms with Gasteiger partial charge in [-0.3, -0.25) is 0 Å². The lowest BCUT2D eigenvalue weighted by molar-refractivity contribution is 0.277.